The quantitative estimate of drug-likeness (QED) is 0.681. The van der Waals surface area contributed by atoms with Crippen molar-refractivity contribution in [1.29, 1.82) is 0 Å². The molecule has 0 amide bonds. The van der Waals surface area contributed by atoms with Gasteiger partial charge in [0, 0.05) is 24.6 Å². The first-order chi connectivity index (χ1) is 11.1. The summed E-state index contributed by atoms with van der Waals surface area (Å²) in [5, 5.41) is 9.53. The largest absolute Gasteiger partial charge is 0.481 e. The number of carbonyl (C=O) groups is 2. The van der Waals surface area contributed by atoms with E-state index >= 15 is 0 Å². The lowest BCUT2D eigenvalue weighted by Gasteiger charge is -2.40. The zero-order valence-corrected chi connectivity index (χ0v) is 13.1. The Bertz CT molecular complexity index is 613. The van der Waals surface area contributed by atoms with Crippen LogP contribution < -0.4 is 0 Å². The molecule has 0 unspecified atom stereocenters. The predicted molar refractivity (Wildman–Crippen MR) is 85.7 cm³/mol. The number of esters is 1. The number of ether oxygens (including phenoxy) is 1. The molecule has 3 rings (SSSR count). The number of fused-ring (bicyclic) bond motifs is 2. The molecule has 1 aromatic carbocycles. The van der Waals surface area contributed by atoms with E-state index in [-0.39, 0.29) is 6.04 Å². The van der Waals surface area contributed by atoms with Gasteiger partial charge in [-0.3, -0.25) is 9.69 Å². The smallest absolute Gasteiger partial charge is 0.331 e. The van der Waals surface area contributed by atoms with Gasteiger partial charge in [0.1, 0.15) is 12.0 Å². The minimum absolute atomic E-state index is 0.0397. The molecule has 122 valence electrons. The lowest BCUT2D eigenvalue weighted by Crippen LogP contribution is -2.53. The van der Waals surface area contributed by atoms with Gasteiger partial charge in [0.15, 0.2) is 0 Å². The molecule has 1 N–H and O–H groups in total. The number of carboxylic acids is 1. The average molecular weight is 315 g/mol. The second kappa shape index (κ2) is 6.54. The van der Waals surface area contributed by atoms with Crippen LogP contribution in [0.15, 0.2) is 36.4 Å². The van der Waals surface area contributed by atoms with Gasteiger partial charge in [-0.15, -0.1) is 0 Å². The molecule has 1 aromatic rings. The van der Waals surface area contributed by atoms with Crippen LogP contribution in [0.5, 0.6) is 0 Å². The fraction of sp³-hybridized carbons (Fsp3) is 0.444. The third-order valence-electron chi connectivity index (χ3n) is 4.98. The third kappa shape index (κ3) is 3.29. The standard InChI is InChI=1S/C18H21NO4/c1-19-13-8-9-14(19)17(18(21)22)15(11-13)23-16(20)10-7-12-5-3-2-4-6-12/h2-7,10,13-15,17H,8-9,11H2,1H3,(H,21,22)/b10-7-/t13-,14+,15-,17+/m0/s1. The fourth-order valence-electron chi connectivity index (χ4n) is 3.78. The normalized spacial score (nSPS) is 30.5. The Hall–Kier alpha value is -2.14. The Morgan fingerprint density at radius 3 is 2.70 bits per heavy atom. The molecule has 2 bridgehead atoms. The van der Waals surface area contributed by atoms with Crippen molar-refractivity contribution in [3.05, 3.63) is 42.0 Å². The Morgan fingerprint density at radius 1 is 1.26 bits per heavy atom. The summed E-state index contributed by atoms with van der Waals surface area (Å²) in [5.41, 5.74) is 0.905. The SMILES string of the molecule is CN1[C@H]2CC[C@@H]1[C@@H](C(=O)O)[C@@H](OC(=O)/C=C\c1ccccc1)C2. The Morgan fingerprint density at radius 2 is 2.00 bits per heavy atom. The maximum atomic E-state index is 12.1. The van der Waals surface area contributed by atoms with Crippen LogP contribution in [0.3, 0.4) is 0 Å². The number of carboxylic acid groups (broad SMARTS) is 1. The van der Waals surface area contributed by atoms with E-state index in [2.05, 4.69) is 4.90 Å². The zero-order valence-electron chi connectivity index (χ0n) is 13.1. The second-order valence-corrected chi connectivity index (χ2v) is 6.28. The van der Waals surface area contributed by atoms with Crippen molar-refractivity contribution in [2.45, 2.75) is 37.5 Å². The van der Waals surface area contributed by atoms with Gasteiger partial charge in [-0.2, -0.15) is 0 Å². The van der Waals surface area contributed by atoms with Gasteiger partial charge in [0.05, 0.1) is 0 Å². The van der Waals surface area contributed by atoms with Crippen molar-refractivity contribution in [3.63, 3.8) is 0 Å². The number of hydrogen-bond acceptors (Lipinski definition) is 4. The molecule has 5 heteroatoms. The van der Waals surface area contributed by atoms with Crippen LogP contribution in [0.2, 0.25) is 0 Å². The molecule has 0 aliphatic carbocycles. The van der Waals surface area contributed by atoms with Crippen LogP contribution in [0, 0.1) is 5.92 Å². The number of rotatable bonds is 4. The van der Waals surface area contributed by atoms with Gasteiger partial charge in [0.25, 0.3) is 0 Å². The molecular weight excluding hydrogens is 294 g/mol. The Labute approximate surface area is 135 Å². The van der Waals surface area contributed by atoms with Crippen molar-refractivity contribution >= 4 is 18.0 Å². The van der Waals surface area contributed by atoms with E-state index in [4.69, 9.17) is 4.74 Å². The molecule has 2 heterocycles. The summed E-state index contributed by atoms with van der Waals surface area (Å²) >= 11 is 0. The van der Waals surface area contributed by atoms with Crippen LogP contribution in [0.25, 0.3) is 6.08 Å². The molecule has 0 saturated carbocycles. The van der Waals surface area contributed by atoms with E-state index in [1.807, 2.05) is 37.4 Å². The molecule has 5 nitrogen and oxygen atoms in total. The summed E-state index contributed by atoms with van der Waals surface area (Å²) in [6.07, 6.45) is 4.92. The van der Waals surface area contributed by atoms with Crippen molar-refractivity contribution in [3.8, 4) is 0 Å². The van der Waals surface area contributed by atoms with Gasteiger partial charge in [0.2, 0.25) is 0 Å². The predicted octanol–water partition coefficient (Wildman–Crippen LogP) is 2.18. The monoisotopic (exact) mass is 315 g/mol. The van der Waals surface area contributed by atoms with Gasteiger partial charge in [-0.05, 0) is 31.5 Å². The Balaban J connectivity index is 1.67. The molecule has 0 radical (unpaired) electrons. The molecular formula is C18H21NO4. The van der Waals surface area contributed by atoms with E-state index in [0.717, 1.165) is 18.4 Å². The highest BCUT2D eigenvalue weighted by Gasteiger charge is 2.50. The van der Waals surface area contributed by atoms with Crippen LogP contribution >= 0.6 is 0 Å². The van der Waals surface area contributed by atoms with Crippen LogP contribution in [0.1, 0.15) is 24.8 Å². The van der Waals surface area contributed by atoms with Crippen molar-refractivity contribution in [1.82, 2.24) is 4.90 Å². The van der Waals surface area contributed by atoms with Gasteiger partial charge < -0.3 is 9.84 Å². The number of carbonyl (C=O) groups excluding carboxylic acids is 1. The van der Waals surface area contributed by atoms with E-state index in [1.165, 1.54) is 6.08 Å². The number of benzene rings is 1. The van der Waals surface area contributed by atoms with Crippen LogP contribution in [-0.4, -0.2) is 47.2 Å². The van der Waals surface area contributed by atoms with Gasteiger partial charge in [-0.25, -0.2) is 4.79 Å². The number of nitrogens with zero attached hydrogens (tertiary/aromatic N) is 1. The van der Waals surface area contributed by atoms with Crippen LogP contribution in [-0.2, 0) is 14.3 Å². The highest BCUT2D eigenvalue weighted by atomic mass is 16.5. The highest BCUT2D eigenvalue weighted by Crippen LogP contribution is 2.39. The van der Waals surface area contributed by atoms with E-state index in [1.54, 1.807) is 6.08 Å². The van der Waals surface area contributed by atoms with E-state index in [0.29, 0.717) is 12.5 Å². The molecule has 2 saturated heterocycles. The minimum Gasteiger partial charge on any atom is -0.481 e. The van der Waals surface area contributed by atoms with Crippen molar-refractivity contribution in [2.24, 2.45) is 5.92 Å². The number of piperidine rings is 1. The summed E-state index contributed by atoms with van der Waals surface area (Å²) in [7, 11) is 1.96. The lowest BCUT2D eigenvalue weighted by atomic mass is 9.87. The lowest BCUT2D eigenvalue weighted by molar-refractivity contribution is -0.163. The topological polar surface area (TPSA) is 66.8 Å². The first kappa shape index (κ1) is 15.7. The second-order valence-electron chi connectivity index (χ2n) is 6.28. The Kier molecular flexibility index (Phi) is 4.48. The molecule has 4 atom stereocenters. The maximum Gasteiger partial charge on any atom is 0.331 e. The molecule has 23 heavy (non-hydrogen) atoms. The first-order valence-electron chi connectivity index (χ1n) is 7.94. The summed E-state index contributed by atoms with van der Waals surface area (Å²) in [4.78, 5) is 25.8. The van der Waals surface area contributed by atoms with Crippen molar-refractivity contribution in [2.75, 3.05) is 7.05 Å². The average Bonchev–Trinajstić information content (AvgIpc) is 2.77. The minimum atomic E-state index is -0.882. The molecule has 2 fully saturated rings. The summed E-state index contributed by atoms with van der Waals surface area (Å²) < 4.78 is 5.48. The first-order valence-corrected chi connectivity index (χ1v) is 7.94. The zero-order chi connectivity index (χ0) is 16.4. The summed E-state index contributed by atoms with van der Waals surface area (Å²) in [5.74, 6) is -2.01. The molecule has 0 spiro atoms. The van der Waals surface area contributed by atoms with E-state index < -0.39 is 24.0 Å². The third-order valence-corrected chi connectivity index (χ3v) is 4.98. The molecule has 2 aliphatic heterocycles. The van der Waals surface area contributed by atoms with Gasteiger partial charge in [-0.1, -0.05) is 30.3 Å². The molecule has 2 aliphatic rings. The van der Waals surface area contributed by atoms with Crippen molar-refractivity contribution < 1.29 is 19.4 Å². The number of aliphatic carboxylic acids is 1. The van der Waals surface area contributed by atoms with Gasteiger partial charge >= 0.3 is 11.9 Å². The maximum absolute atomic E-state index is 12.1. The van der Waals surface area contributed by atoms with E-state index in [9.17, 15) is 14.7 Å². The number of hydrogen-bond donors (Lipinski definition) is 1. The molecule has 0 aromatic heterocycles. The van der Waals surface area contributed by atoms with Crippen LogP contribution in [0.4, 0.5) is 0 Å². The highest BCUT2D eigenvalue weighted by molar-refractivity contribution is 5.87. The summed E-state index contributed by atoms with van der Waals surface area (Å²) in [6.45, 7) is 0. The fourth-order valence-corrected chi connectivity index (χ4v) is 3.78. The summed E-state index contributed by atoms with van der Waals surface area (Å²) in [6, 6.07) is 9.73.